The molecule has 1 amide bonds. The summed E-state index contributed by atoms with van der Waals surface area (Å²) < 4.78 is 0. The maximum absolute atomic E-state index is 11.3. The van der Waals surface area contributed by atoms with E-state index in [9.17, 15) is 9.90 Å². The van der Waals surface area contributed by atoms with E-state index in [1.807, 2.05) is 13.8 Å². The second kappa shape index (κ2) is 3.05. The Morgan fingerprint density at radius 2 is 2.08 bits per heavy atom. The van der Waals surface area contributed by atoms with Crippen molar-refractivity contribution in [2.24, 2.45) is 5.92 Å². The molecule has 1 unspecified atom stereocenters. The number of carbonyl (C=O) groups is 1. The van der Waals surface area contributed by atoms with Crippen LogP contribution in [0.5, 0.6) is 0 Å². The van der Waals surface area contributed by atoms with Crippen LogP contribution in [0, 0.1) is 5.92 Å². The van der Waals surface area contributed by atoms with Crippen molar-refractivity contribution in [3.05, 3.63) is 0 Å². The molecule has 1 aliphatic rings. The SMILES string of the molecule is CC(O)C(C)(C)NC(=O)C1CC1. The quantitative estimate of drug-likeness (QED) is 0.655. The first-order valence-electron chi connectivity index (χ1n) is 4.43. The van der Waals surface area contributed by atoms with Crippen molar-refractivity contribution >= 4 is 5.91 Å². The van der Waals surface area contributed by atoms with Gasteiger partial charge < -0.3 is 10.4 Å². The number of hydrogen-bond donors (Lipinski definition) is 2. The van der Waals surface area contributed by atoms with E-state index in [1.165, 1.54) is 0 Å². The van der Waals surface area contributed by atoms with Gasteiger partial charge in [0.1, 0.15) is 0 Å². The van der Waals surface area contributed by atoms with Crippen LogP contribution < -0.4 is 5.32 Å². The molecular formula is C9H17NO2. The largest absolute Gasteiger partial charge is 0.391 e. The van der Waals surface area contributed by atoms with Crippen LogP contribution in [0.25, 0.3) is 0 Å². The molecule has 0 heterocycles. The van der Waals surface area contributed by atoms with Gasteiger partial charge in [0, 0.05) is 5.92 Å². The lowest BCUT2D eigenvalue weighted by Crippen LogP contribution is -2.51. The van der Waals surface area contributed by atoms with E-state index in [-0.39, 0.29) is 11.8 Å². The van der Waals surface area contributed by atoms with E-state index in [4.69, 9.17) is 0 Å². The van der Waals surface area contributed by atoms with Crippen molar-refractivity contribution in [2.45, 2.75) is 45.3 Å². The zero-order chi connectivity index (χ0) is 9.35. The Bertz CT molecular complexity index is 183. The van der Waals surface area contributed by atoms with E-state index in [0.717, 1.165) is 12.8 Å². The van der Waals surface area contributed by atoms with E-state index in [0.29, 0.717) is 0 Å². The second-order valence-electron chi connectivity index (χ2n) is 4.16. The van der Waals surface area contributed by atoms with Gasteiger partial charge in [0.2, 0.25) is 5.91 Å². The third kappa shape index (κ3) is 2.21. The van der Waals surface area contributed by atoms with Crippen LogP contribution in [-0.2, 0) is 4.79 Å². The van der Waals surface area contributed by atoms with Crippen LogP contribution in [0.15, 0.2) is 0 Å². The van der Waals surface area contributed by atoms with Gasteiger partial charge in [-0.05, 0) is 33.6 Å². The lowest BCUT2D eigenvalue weighted by atomic mass is 9.98. The standard InChI is InChI=1S/C9H17NO2/c1-6(11)9(2,3)10-8(12)7-4-5-7/h6-7,11H,4-5H2,1-3H3,(H,10,12). The third-order valence-electron chi connectivity index (χ3n) is 2.44. The molecule has 1 aliphatic carbocycles. The summed E-state index contributed by atoms with van der Waals surface area (Å²) in [6, 6.07) is 0. The lowest BCUT2D eigenvalue weighted by Gasteiger charge is -2.29. The minimum absolute atomic E-state index is 0.0842. The van der Waals surface area contributed by atoms with Crippen LogP contribution in [0.2, 0.25) is 0 Å². The lowest BCUT2D eigenvalue weighted by molar-refractivity contribution is -0.125. The zero-order valence-electron chi connectivity index (χ0n) is 7.92. The molecule has 0 aromatic heterocycles. The first-order chi connectivity index (χ1) is 5.43. The zero-order valence-corrected chi connectivity index (χ0v) is 7.92. The Hall–Kier alpha value is -0.570. The summed E-state index contributed by atoms with van der Waals surface area (Å²) in [7, 11) is 0. The molecule has 0 aromatic carbocycles. The second-order valence-corrected chi connectivity index (χ2v) is 4.16. The molecule has 12 heavy (non-hydrogen) atoms. The van der Waals surface area contributed by atoms with E-state index < -0.39 is 11.6 Å². The van der Waals surface area contributed by atoms with E-state index in [2.05, 4.69) is 5.32 Å². The smallest absolute Gasteiger partial charge is 0.223 e. The van der Waals surface area contributed by atoms with Crippen LogP contribution in [0.3, 0.4) is 0 Å². The Morgan fingerprint density at radius 3 is 2.42 bits per heavy atom. The molecule has 0 radical (unpaired) electrons. The number of aliphatic hydroxyl groups is 1. The molecule has 0 aromatic rings. The molecule has 1 fully saturated rings. The molecule has 1 atom stereocenters. The Morgan fingerprint density at radius 1 is 1.58 bits per heavy atom. The summed E-state index contributed by atoms with van der Waals surface area (Å²) in [4.78, 5) is 11.3. The highest BCUT2D eigenvalue weighted by atomic mass is 16.3. The third-order valence-corrected chi connectivity index (χ3v) is 2.44. The average molecular weight is 171 g/mol. The van der Waals surface area contributed by atoms with Gasteiger partial charge in [0.05, 0.1) is 11.6 Å². The van der Waals surface area contributed by atoms with Crippen LogP contribution >= 0.6 is 0 Å². The van der Waals surface area contributed by atoms with Crippen molar-refractivity contribution in [3.63, 3.8) is 0 Å². The van der Waals surface area contributed by atoms with Gasteiger partial charge in [0.25, 0.3) is 0 Å². The van der Waals surface area contributed by atoms with Crippen molar-refractivity contribution in [1.29, 1.82) is 0 Å². The summed E-state index contributed by atoms with van der Waals surface area (Å²) in [5.41, 5.74) is -0.500. The summed E-state index contributed by atoms with van der Waals surface area (Å²) in [6.07, 6.45) is 1.49. The highest BCUT2D eigenvalue weighted by Crippen LogP contribution is 2.29. The van der Waals surface area contributed by atoms with Gasteiger partial charge in [0.15, 0.2) is 0 Å². The predicted molar refractivity (Wildman–Crippen MR) is 46.6 cm³/mol. The van der Waals surface area contributed by atoms with Crippen molar-refractivity contribution in [3.8, 4) is 0 Å². The fourth-order valence-electron chi connectivity index (χ4n) is 0.870. The van der Waals surface area contributed by atoms with Gasteiger partial charge in [-0.2, -0.15) is 0 Å². The number of aliphatic hydroxyl groups excluding tert-OH is 1. The van der Waals surface area contributed by atoms with Gasteiger partial charge >= 0.3 is 0 Å². The van der Waals surface area contributed by atoms with Gasteiger partial charge in [-0.1, -0.05) is 0 Å². The normalized spacial score (nSPS) is 20.3. The number of rotatable bonds is 3. The first-order valence-corrected chi connectivity index (χ1v) is 4.43. The molecule has 0 spiro atoms. The van der Waals surface area contributed by atoms with Crippen LogP contribution in [0.1, 0.15) is 33.6 Å². The topological polar surface area (TPSA) is 49.3 Å². The maximum Gasteiger partial charge on any atom is 0.223 e. The Labute approximate surface area is 73.2 Å². The number of carbonyl (C=O) groups excluding carboxylic acids is 1. The Balaban J connectivity index is 2.42. The Kier molecular flexibility index (Phi) is 2.42. The van der Waals surface area contributed by atoms with E-state index in [1.54, 1.807) is 6.92 Å². The van der Waals surface area contributed by atoms with Crippen LogP contribution in [-0.4, -0.2) is 22.7 Å². The van der Waals surface area contributed by atoms with Crippen LogP contribution in [0.4, 0.5) is 0 Å². The molecule has 2 N–H and O–H groups in total. The molecule has 1 rings (SSSR count). The fourth-order valence-corrected chi connectivity index (χ4v) is 0.870. The number of nitrogens with one attached hydrogen (secondary N) is 1. The van der Waals surface area contributed by atoms with E-state index >= 15 is 0 Å². The van der Waals surface area contributed by atoms with Crippen molar-refractivity contribution in [2.75, 3.05) is 0 Å². The monoisotopic (exact) mass is 171 g/mol. The summed E-state index contributed by atoms with van der Waals surface area (Å²) >= 11 is 0. The molecule has 0 aliphatic heterocycles. The average Bonchev–Trinajstić information content (AvgIpc) is 2.65. The summed E-state index contributed by atoms with van der Waals surface area (Å²) in [5.74, 6) is 0.295. The minimum atomic E-state index is -0.514. The summed E-state index contributed by atoms with van der Waals surface area (Å²) in [5, 5.41) is 12.1. The predicted octanol–water partition coefficient (Wildman–Crippen LogP) is 0.672. The maximum atomic E-state index is 11.3. The molecule has 1 saturated carbocycles. The molecule has 70 valence electrons. The number of hydrogen-bond acceptors (Lipinski definition) is 2. The highest BCUT2D eigenvalue weighted by Gasteiger charge is 2.34. The van der Waals surface area contributed by atoms with Crippen molar-refractivity contribution < 1.29 is 9.90 Å². The summed E-state index contributed by atoms with van der Waals surface area (Å²) in [6.45, 7) is 5.35. The van der Waals surface area contributed by atoms with Crippen molar-refractivity contribution in [1.82, 2.24) is 5.32 Å². The van der Waals surface area contributed by atoms with Gasteiger partial charge in [-0.25, -0.2) is 0 Å². The molecular weight excluding hydrogens is 154 g/mol. The molecule has 0 saturated heterocycles. The van der Waals surface area contributed by atoms with Gasteiger partial charge in [-0.3, -0.25) is 4.79 Å². The molecule has 0 bridgehead atoms. The number of amides is 1. The molecule has 3 nitrogen and oxygen atoms in total. The first kappa shape index (κ1) is 9.52. The molecule has 3 heteroatoms. The minimum Gasteiger partial charge on any atom is -0.391 e. The fraction of sp³-hybridized carbons (Fsp3) is 0.889. The highest BCUT2D eigenvalue weighted by molar-refractivity contribution is 5.81. The van der Waals surface area contributed by atoms with Gasteiger partial charge in [-0.15, -0.1) is 0 Å².